The van der Waals surface area contributed by atoms with Gasteiger partial charge >= 0.3 is 6.18 Å². The molecule has 2 aromatic carbocycles. The molecule has 0 saturated carbocycles. The molecule has 0 aliphatic heterocycles. The Bertz CT molecular complexity index is 1280. The van der Waals surface area contributed by atoms with Gasteiger partial charge in [0, 0.05) is 5.56 Å². The minimum atomic E-state index is -4.74. The highest BCUT2D eigenvalue weighted by molar-refractivity contribution is 5.84. The Kier molecular flexibility index (Phi) is 5.50. The molecule has 0 radical (unpaired) electrons. The van der Waals surface area contributed by atoms with Crippen LogP contribution in [0.3, 0.4) is 0 Å². The van der Waals surface area contributed by atoms with Gasteiger partial charge in [0.25, 0.3) is 11.8 Å². The van der Waals surface area contributed by atoms with Crippen LogP contribution in [0.1, 0.15) is 24.6 Å². The molecule has 1 atom stereocenters. The van der Waals surface area contributed by atoms with Gasteiger partial charge in [-0.1, -0.05) is 54.5 Å². The monoisotopic (exact) mass is 457 g/mol. The number of aliphatic hydroxyl groups is 1. The fourth-order valence-electron chi connectivity index (χ4n) is 3.41. The Labute approximate surface area is 185 Å². The molecule has 2 aromatic heterocycles. The molecule has 1 unspecified atom stereocenters. The van der Waals surface area contributed by atoms with Crippen molar-refractivity contribution in [2.45, 2.75) is 25.1 Å². The molecule has 8 nitrogen and oxygen atoms in total. The number of alkyl halides is 3. The number of para-hydroxylation sites is 1. The number of carbonyl (C=O) groups is 1. The summed E-state index contributed by atoms with van der Waals surface area (Å²) in [6.07, 6.45) is -3.65. The van der Waals surface area contributed by atoms with E-state index in [-0.39, 0.29) is 35.0 Å². The summed E-state index contributed by atoms with van der Waals surface area (Å²) in [4.78, 5) is 15.7. The van der Waals surface area contributed by atoms with Gasteiger partial charge in [0.1, 0.15) is 0 Å². The standard InChI is InChI=1S/C22H18F3N5O3/c1-2-21(32,20(26)31)14-10-8-13(9-11-14)18-28-19(33-29-18)16-12-27-30(17(16)22(23,24)25)15-6-4-3-5-7-15/h3-12,32H,2H2,1H3,(H2,26,31). The van der Waals surface area contributed by atoms with Gasteiger partial charge in [-0.2, -0.15) is 23.3 Å². The van der Waals surface area contributed by atoms with Crippen LogP contribution in [0.25, 0.3) is 28.5 Å². The van der Waals surface area contributed by atoms with Crippen LogP contribution in [0.4, 0.5) is 13.2 Å². The predicted octanol–water partition coefficient (Wildman–Crippen LogP) is 3.69. The van der Waals surface area contributed by atoms with Crippen LogP contribution in [0.5, 0.6) is 0 Å². The molecule has 33 heavy (non-hydrogen) atoms. The van der Waals surface area contributed by atoms with E-state index in [4.69, 9.17) is 10.3 Å². The van der Waals surface area contributed by atoms with Crippen LogP contribution in [0.2, 0.25) is 0 Å². The highest BCUT2D eigenvalue weighted by atomic mass is 19.4. The van der Waals surface area contributed by atoms with E-state index in [1.165, 1.54) is 36.4 Å². The second-order valence-electron chi connectivity index (χ2n) is 7.23. The van der Waals surface area contributed by atoms with Gasteiger partial charge in [0.05, 0.1) is 17.4 Å². The SMILES string of the molecule is CCC(O)(C(N)=O)c1ccc(-c2noc(-c3cnn(-c4ccccc4)c3C(F)(F)F)n2)cc1. The van der Waals surface area contributed by atoms with Crippen molar-refractivity contribution in [3.8, 4) is 28.5 Å². The number of primary amides is 1. The van der Waals surface area contributed by atoms with Gasteiger partial charge in [-0.05, 0) is 24.1 Å². The molecule has 1 amide bonds. The summed E-state index contributed by atoms with van der Waals surface area (Å²) in [6.45, 7) is 1.61. The topological polar surface area (TPSA) is 120 Å². The molecule has 4 aromatic rings. The van der Waals surface area contributed by atoms with Crippen molar-refractivity contribution in [1.29, 1.82) is 0 Å². The lowest BCUT2D eigenvalue weighted by Crippen LogP contribution is -2.40. The van der Waals surface area contributed by atoms with E-state index < -0.39 is 23.4 Å². The fourth-order valence-corrected chi connectivity index (χ4v) is 3.41. The summed E-state index contributed by atoms with van der Waals surface area (Å²) in [5.74, 6) is -1.23. The quantitative estimate of drug-likeness (QED) is 0.456. The van der Waals surface area contributed by atoms with Crippen molar-refractivity contribution < 1.29 is 27.6 Å². The summed E-state index contributed by atoms with van der Waals surface area (Å²) in [7, 11) is 0. The summed E-state index contributed by atoms with van der Waals surface area (Å²) >= 11 is 0. The van der Waals surface area contributed by atoms with E-state index in [9.17, 15) is 23.1 Å². The normalized spacial score (nSPS) is 13.6. The number of nitrogens with two attached hydrogens (primary N) is 1. The molecule has 3 N–H and O–H groups in total. The van der Waals surface area contributed by atoms with E-state index in [1.807, 2.05) is 0 Å². The molecule has 4 rings (SSSR count). The Morgan fingerprint density at radius 2 is 1.79 bits per heavy atom. The summed E-state index contributed by atoms with van der Waals surface area (Å²) in [5, 5.41) is 18.1. The second kappa shape index (κ2) is 8.17. The summed E-state index contributed by atoms with van der Waals surface area (Å²) < 4.78 is 47.5. The van der Waals surface area contributed by atoms with Crippen LogP contribution in [-0.4, -0.2) is 30.9 Å². The van der Waals surface area contributed by atoms with E-state index in [0.29, 0.717) is 5.56 Å². The van der Waals surface area contributed by atoms with E-state index >= 15 is 0 Å². The lowest BCUT2D eigenvalue weighted by Gasteiger charge is -2.23. The van der Waals surface area contributed by atoms with Crippen LogP contribution < -0.4 is 5.73 Å². The third kappa shape index (κ3) is 3.98. The Morgan fingerprint density at radius 3 is 2.36 bits per heavy atom. The summed E-state index contributed by atoms with van der Waals surface area (Å²) in [5.41, 5.74) is 2.95. The zero-order chi connectivity index (χ0) is 23.8. The molecule has 0 spiro atoms. The van der Waals surface area contributed by atoms with Crippen LogP contribution in [-0.2, 0) is 16.6 Å². The maximum Gasteiger partial charge on any atom is 0.434 e. The van der Waals surface area contributed by atoms with Crippen molar-refractivity contribution in [3.05, 3.63) is 72.1 Å². The first kappa shape index (κ1) is 22.2. The number of amides is 1. The minimum absolute atomic E-state index is 0.0243. The van der Waals surface area contributed by atoms with Gasteiger partial charge in [-0.15, -0.1) is 0 Å². The van der Waals surface area contributed by atoms with Crippen LogP contribution in [0.15, 0.2) is 65.3 Å². The van der Waals surface area contributed by atoms with Gasteiger partial charge in [0.2, 0.25) is 5.82 Å². The van der Waals surface area contributed by atoms with Crippen molar-refractivity contribution in [1.82, 2.24) is 19.9 Å². The molecular formula is C22H18F3N5O3. The smallest absolute Gasteiger partial charge is 0.375 e. The zero-order valence-corrected chi connectivity index (χ0v) is 17.2. The highest BCUT2D eigenvalue weighted by Crippen LogP contribution is 2.38. The van der Waals surface area contributed by atoms with Gasteiger partial charge in [-0.25, -0.2) is 4.68 Å². The average Bonchev–Trinajstić information content (AvgIpc) is 3.46. The number of carbonyl (C=O) groups excluding carboxylic acids is 1. The number of halogens is 3. The predicted molar refractivity (Wildman–Crippen MR) is 111 cm³/mol. The first-order chi connectivity index (χ1) is 15.6. The van der Waals surface area contributed by atoms with Crippen molar-refractivity contribution >= 4 is 5.91 Å². The lowest BCUT2D eigenvalue weighted by molar-refractivity contribution is -0.142. The maximum absolute atomic E-state index is 13.9. The molecule has 0 aliphatic carbocycles. The number of benzene rings is 2. The van der Waals surface area contributed by atoms with Crippen LogP contribution in [0, 0.1) is 0 Å². The van der Waals surface area contributed by atoms with Crippen molar-refractivity contribution in [2.24, 2.45) is 5.73 Å². The van der Waals surface area contributed by atoms with E-state index in [0.717, 1.165) is 10.9 Å². The average molecular weight is 457 g/mol. The number of nitrogens with zero attached hydrogens (tertiary/aromatic N) is 4. The van der Waals surface area contributed by atoms with Crippen molar-refractivity contribution in [3.63, 3.8) is 0 Å². The molecule has 0 saturated heterocycles. The molecule has 11 heteroatoms. The largest absolute Gasteiger partial charge is 0.434 e. The summed E-state index contributed by atoms with van der Waals surface area (Å²) in [6, 6.07) is 13.8. The third-order valence-corrected chi connectivity index (χ3v) is 5.23. The number of hydrogen-bond acceptors (Lipinski definition) is 6. The molecule has 0 aliphatic rings. The number of rotatable bonds is 6. The second-order valence-corrected chi connectivity index (χ2v) is 7.23. The fraction of sp³-hybridized carbons (Fsp3) is 0.182. The minimum Gasteiger partial charge on any atom is -0.375 e. The van der Waals surface area contributed by atoms with Gasteiger partial charge in [0.15, 0.2) is 11.3 Å². The first-order valence-corrected chi connectivity index (χ1v) is 9.83. The molecule has 2 heterocycles. The van der Waals surface area contributed by atoms with E-state index in [2.05, 4.69) is 15.2 Å². The molecule has 0 bridgehead atoms. The first-order valence-electron chi connectivity index (χ1n) is 9.83. The highest BCUT2D eigenvalue weighted by Gasteiger charge is 2.40. The van der Waals surface area contributed by atoms with Gasteiger partial charge in [-0.3, -0.25) is 4.79 Å². The lowest BCUT2D eigenvalue weighted by atomic mass is 9.90. The molecule has 0 fully saturated rings. The van der Waals surface area contributed by atoms with Crippen LogP contribution >= 0.6 is 0 Å². The van der Waals surface area contributed by atoms with Gasteiger partial charge < -0.3 is 15.4 Å². The van der Waals surface area contributed by atoms with Crippen molar-refractivity contribution in [2.75, 3.05) is 0 Å². The Hall–Kier alpha value is -3.99. The Balaban J connectivity index is 1.71. The Morgan fingerprint density at radius 1 is 1.12 bits per heavy atom. The molecule has 170 valence electrons. The molecular weight excluding hydrogens is 439 g/mol. The maximum atomic E-state index is 13.9. The zero-order valence-electron chi connectivity index (χ0n) is 17.2. The number of aromatic nitrogens is 4. The number of hydrogen-bond donors (Lipinski definition) is 2. The third-order valence-electron chi connectivity index (χ3n) is 5.23. The van der Waals surface area contributed by atoms with E-state index in [1.54, 1.807) is 25.1 Å².